The van der Waals surface area contributed by atoms with E-state index in [1.165, 1.54) is 17.7 Å². The van der Waals surface area contributed by atoms with Crippen molar-refractivity contribution < 1.29 is 17.6 Å². The molecule has 7 nitrogen and oxygen atoms in total. The summed E-state index contributed by atoms with van der Waals surface area (Å²) >= 11 is 0. The lowest BCUT2D eigenvalue weighted by atomic mass is 10.0. The van der Waals surface area contributed by atoms with Gasteiger partial charge in [-0.25, -0.2) is 8.42 Å². The van der Waals surface area contributed by atoms with Crippen LogP contribution in [0.4, 0.5) is 6.01 Å². The van der Waals surface area contributed by atoms with Gasteiger partial charge < -0.3 is 4.42 Å². The average Bonchev–Trinajstić information content (AvgIpc) is 3.08. The summed E-state index contributed by atoms with van der Waals surface area (Å²) in [5.74, 6) is -0.415. The fourth-order valence-corrected chi connectivity index (χ4v) is 3.79. The van der Waals surface area contributed by atoms with Crippen molar-refractivity contribution in [2.45, 2.75) is 36.8 Å². The molecule has 28 heavy (non-hydrogen) atoms. The Labute approximate surface area is 163 Å². The Bertz CT molecular complexity index is 1040. The lowest BCUT2D eigenvalue weighted by Gasteiger charge is -2.06. The van der Waals surface area contributed by atoms with E-state index in [0.29, 0.717) is 5.92 Å². The number of hydrogen-bond acceptors (Lipinski definition) is 6. The number of sulfone groups is 1. The van der Waals surface area contributed by atoms with Crippen molar-refractivity contribution in [1.29, 1.82) is 0 Å². The molecule has 2 aromatic carbocycles. The van der Waals surface area contributed by atoms with Gasteiger partial charge in [0, 0.05) is 0 Å². The summed E-state index contributed by atoms with van der Waals surface area (Å²) in [4.78, 5) is 12.3. The Morgan fingerprint density at radius 3 is 2.36 bits per heavy atom. The largest absolute Gasteiger partial charge is 0.407 e. The van der Waals surface area contributed by atoms with Gasteiger partial charge in [0.1, 0.15) is 5.75 Å². The lowest BCUT2D eigenvalue weighted by Crippen LogP contribution is -2.14. The van der Waals surface area contributed by atoms with Gasteiger partial charge in [-0.2, -0.15) is 0 Å². The van der Waals surface area contributed by atoms with Crippen LogP contribution in [0.3, 0.4) is 0 Å². The second-order valence-electron chi connectivity index (χ2n) is 6.69. The van der Waals surface area contributed by atoms with E-state index in [1.54, 1.807) is 18.2 Å². The minimum atomic E-state index is -3.60. The molecule has 0 bridgehead atoms. The molecule has 1 amide bonds. The number of rotatable bonds is 7. The van der Waals surface area contributed by atoms with Gasteiger partial charge in [-0.05, 0) is 29.2 Å². The number of amides is 1. The molecule has 0 fully saturated rings. The van der Waals surface area contributed by atoms with Crippen LogP contribution in [0.25, 0.3) is 0 Å². The fraction of sp³-hybridized carbons (Fsp3) is 0.250. The van der Waals surface area contributed by atoms with Crippen LogP contribution < -0.4 is 5.32 Å². The highest BCUT2D eigenvalue weighted by Crippen LogP contribution is 2.17. The Morgan fingerprint density at radius 2 is 1.71 bits per heavy atom. The zero-order valence-corrected chi connectivity index (χ0v) is 16.4. The average molecular weight is 399 g/mol. The molecule has 0 aliphatic heterocycles. The van der Waals surface area contributed by atoms with E-state index in [1.807, 2.05) is 24.3 Å². The van der Waals surface area contributed by atoms with Gasteiger partial charge in [-0.3, -0.25) is 10.1 Å². The Balaban J connectivity index is 1.60. The van der Waals surface area contributed by atoms with Crippen molar-refractivity contribution >= 4 is 21.8 Å². The number of aromatic nitrogens is 2. The van der Waals surface area contributed by atoms with Crippen molar-refractivity contribution in [1.82, 2.24) is 10.2 Å². The summed E-state index contributed by atoms with van der Waals surface area (Å²) < 4.78 is 29.9. The third-order valence-corrected chi connectivity index (χ3v) is 5.76. The molecule has 146 valence electrons. The predicted octanol–water partition coefficient (Wildman–Crippen LogP) is 3.35. The first-order valence-corrected chi connectivity index (χ1v) is 10.5. The number of nitrogens with one attached hydrogen (secondary N) is 1. The highest BCUT2D eigenvalue weighted by Gasteiger charge is 2.20. The summed E-state index contributed by atoms with van der Waals surface area (Å²) in [6.07, 6.45) is 0.151. The van der Waals surface area contributed by atoms with E-state index < -0.39 is 15.6 Å². The van der Waals surface area contributed by atoms with E-state index in [4.69, 9.17) is 4.42 Å². The molecule has 1 heterocycles. The Hall–Kier alpha value is -3.00. The maximum Gasteiger partial charge on any atom is 0.322 e. The third kappa shape index (κ3) is 5.04. The van der Waals surface area contributed by atoms with E-state index in [0.717, 1.165) is 5.56 Å². The van der Waals surface area contributed by atoms with Crippen LogP contribution in [0.2, 0.25) is 0 Å². The minimum Gasteiger partial charge on any atom is -0.407 e. The van der Waals surface area contributed by atoms with Crippen LogP contribution in [0, 0.1) is 0 Å². The van der Waals surface area contributed by atoms with Gasteiger partial charge in [0.25, 0.3) is 0 Å². The number of carbonyl (C=O) groups excluding carboxylic acids is 1. The van der Waals surface area contributed by atoms with Gasteiger partial charge in [-0.15, -0.1) is 5.10 Å². The quantitative estimate of drug-likeness (QED) is 0.654. The van der Waals surface area contributed by atoms with E-state index in [2.05, 4.69) is 29.4 Å². The highest BCUT2D eigenvalue weighted by molar-refractivity contribution is 7.90. The van der Waals surface area contributed by atoms with Crippen molar-refractivity contribution in [3.63, 3.8) is 0 Å². The van der Waals surface area contributed by atoms with Crippen LogP contribution >= 0.6 is 0 Å². The molecule has 0 aliphatic carbocycles. The molecule has 1 N–H and O–H groups in total. The number of benzene rings is 2. The first-order chi connectivity index (χ1) is 13.3. The van der Waals surface area contributed by atoms with E-state index >= 15 is 0 Å². The maximum atomic E-state index is 12.3. The minimum absolute atomic E-state index is 0.0829. The molecule has 3 aromatic rings. The van der Waals surface area contributed by atoms with Crippen LogP contribution in [-0.2, 0) is 26.8 Å². The molecule has 0 unspecified atom stereocenters. The zero-order chi connectivity index (χ0) is 20.1. The molecule has 0 atom stereocenters. The maximum absolute atomic E-state index is 12.3. The summed E-state index contributed by atoms with van der Waals surface area (Å²) in [7, 11) is -3.60. The summed E-state index contributed by atoms with van der Waals surface area (Å²) in [5.41, 5.74) is 2.05. The molecular formula is C20H21N3O4S. The topological polar surface area (TPSA) is 102 Å². The van der Waals surface area contributed by atoms with Crippen LogP contribution in [0.5, 0.6) is 0 Å². The molecule has 8 heteroatoms. The Kier molecular flexibility index (Phi) is 5.89. The number of anilines is 1. The summed E-state index contributed by atoms with van der Waals surface area (Å²) in [5, 5.41) is 9.91. The monoisotopic (exact) mass is 399 g/mol. The number of nitrogens with zero attached hydrogens (tertiary/aromatic N) is 2. The molecule has 0 spiro atoms. The third-order valence-electron chi connectivity index (χ3n) is 4.14. The van der Waals surface area contributed by atoms with Gasteiger partial charge in [-0.1, -0.05) is 61.4 Å². The molecule has 3 rings (SSSR count). The Morgan fingerprint density at radius 1 is 1.04 bits per heavy atom. The number of carbonyl (C=O) groups is 1. The highest BCUT2D eigenvalue weighted by atomic mass is 32.2. The van der Waals surface area contributed by atoms with Crippen molar-refractivity contribution in [3.05, 3.63) is 71.6 Å². The normalized spacial score (nSPS) is 11.5. The van der Waals surface area contributed by atoms with Crippen LogP contribution in [0.1, 0.15) is 36.8 Å². The van der Waals surface area contributed by atoms with Crippen molar-refractivity contribution in [2.75, 3.05) is 5.32 Å². The lowest BCUT2D eigenvalue weighted by molar-refractivity contribution is -0.115. The summed E-state index contributed by atoms with van der Waals surface area (Å²) in [6, 6.07) is 15.7. The smallest absolute Gasteiger partial charge is 0.322 e. The zero-order valence-electron chi connectivity index (χ0n) is 15.6. The van der Waals surface area contributed by atoms with Gasteiger partial charge in [0.2, 0.25) is 11.8 Å². The predicted molar refractivity (Wildman–Crippen MR) is 104 cm³/mol. The first kappa shape index (κ1) is 19.8. The van der Waals surface area contributed by atoms with Gasteiger partial charge in [0.15, 0.2) is 9.84 Å². The standard InChI is InChI=1S/C20H21N3O4S/c1-14(2)16-10-8-15(9-11-16)12-18(24)21-20-23-22-19(27-20)13-28(25,26)17-6-4-3-5-7-17/h3-11,14H,12-13H2,1-2H3,(H,21,23,24). The summed E-state index contributed by atoms with van der Waals surface area (Å²) in [6.45, 7) is 4.21. The molecular weight excluding hydrogens is 378 g/mol. The van der Waals surface area contributed by atoms with Crippen LogP contribution in [0.15, 0.2) is 63.9 Å². The molecule has 1 aromatic heterocycles. The van der Waals surface area contributed by atoms with E-state index in [9.17, 15) is 13.2 Å². The molecule has 0 saturated heterocycles. The molecule has 0 aliphatic rings. The molecule has 0 saturated carbocycles. The van der Waals surface area contributed by atoms with Crippen molar-refractivity contribution in [2.24, 2.45) is 0 Å². The van der Waals surface area contributed by atoms with Crippen LogP contribution in [-0.4, -0.2) is 24.5 Å². The van der Waals surface area contributed by atoms with E-state index in [-0.39, 0.29) is 29.1 Å². The fourth-order valence-electron chi connectivity index (χ4n) is 2.61. The van der Waals surface area contributed by atoms with Gasteiger partial charge >= 0.3 is 6.01 Å². The molecule has 0 radical (unpaired) electrons. The second-order valence-corrected chi connectivity index (χ2v) is 8.68. The first-order valence-electron chi connectivity index (χ1n) is 8.82. The second kappa shape index (κ2) is 8.35. The SMILES string of the molecule is CC(C)c1ccc(CC(=O)Nc2nnc(CS(=O)(=O)c3ccccc3)o2)cc1. The van der Waals surface area contributed by atoms with Crippen molar-refractivity contribution in [3.8, 4) is 0 Å². The number of hydrogen-bond donors (Lipinski definition) is 1. The van der Waals surface area contributed by atoms with Gasteiger partial charge in [0.05, 0.1) is 11.3 Å².